The van der Waals surface area contributed by atoms with E-state index in [1.807, 2.05) is 40.7 Å². The van der Waals surface area contributed by atoms with Gasteiger partial charge in [-0.15, -0.1) is 18.3 Å². The molecule has 0 aromatic rings. The Labute approximate surface area is 239 Å². The zero-order valence-electron chi connectivity index (χ0n) is 25.3. The maximum atomic E-state index is 13.5. The summed E-state index contributed by atoms with van der Waals surface area (Å²) in [6.45, 7) is 20.7. The Hall–Kier alpha value is -1.38. The maximum absolute atomic E-state index is 13.5. The van der Waals surface area contributed by atoms with E-state index in [4.69, 9.17) is 10.5 Å². The Morgan fingerprint density at radius 3 is 2.51 bits per heavy atom. The highest BCUT2D eigenvalue weighted by Crippen LogP contribution is 2.68. The van der Waals surface area contributed by atoms with Crippen LogP contribution in [0.1, 0.15) is 87.5 Å². The first-order valence-electron chi connectivity index (χ1n) is 14.7. The lowest BCUT2D eigenvalue weighted by Crippen LogP contribution is -2.63. The average molecular weight is 565 g/mol. The van der Waals surface area contributed by atoms with Gasteiger partial charge in [-0.25, -0.2) is 0 Å². The summed E-state index contributed by atoms with van der Waals surface area (Å²) in [4.78, 5) is 39.2. The molecule has 7 nitrogen and oxygen atoms in total. The summed E-state index contributed by atoms with van der Waals surface area (Å²) in [6, 6.07) is -0.573. The van der Waals surface area contributed by atoms with Gasteiger partial charge in [0.25, 0.3) is 0 Å². The van der Waals surface area contributed by atoms with Crippen LogP contribution in [0.5, 0.6) is 0 Å². The van der Waals surface area contributed by atoms with Gasteiger partial charge in [-0.2, -0.15) is 0 Å². The van der Waals surface area contributed by atoms with Crippen LogP contribution in [0.2, 0.25) is 0 Å². The fraction of sp³-hybridized carbons (Fsp3) is 0.839. The van der Waals surface area contributed by atoms with E-state index < -0.39 is 33.8 Å². The normalized spacial score (nSPS) is 39.4. The molecule has 3 aliphatic carbocycles. The number of Topliss-reactive ketones (excluding diaryl/α,β-unsaturated/α-hetero) is 1. The second-order valence-corrected chi connectivity index (χ2v) is 15.8. The third-order valence-corrected chi connectivity index (χ3v) is 12.2. The minimum atomic E-state index is -0.684. The number of nitrogens with two attached hydrogens (primary N) is 1. The SMILES string of the molecule is C=C[C@@]1(C)C[C@H](OC(=O)CSC(C)(C)CNC(=O)[C@@H](N)C(C)C)[C@@]2(C)[C@H](C)CC[C@@]3(CCC(=O)[C@@H]32)[C@H](C)[C@H]1O. The summed E-state index contributed by atoms with van der Waals surface area (Å²) in [5.74, 6) is -0.243. The molecular weight excluding hydrogens is 512 g/mol. The summed E-state index contributed by atoms with van der Waals surface area (Å²) >= 11 is 1.43. The second-order valence-electron chi connectivity index (χ2n) is 14.1. The third kappa shape index (κ3) is 5.85. The van der Waals surface area contributed by atoms with E-state index in [1.54, 1.807) is 0 Å². The second kappa shape index (κ2) is 11.5. The van der Waals surface area contributed by atoms with E-state index in [9.17, 15) is 19.5 Å². The van der Waals surface area contributed by atoms with Crippen molar-refractivity contribution in [3.8, 4) is 0 Å². The summed E-state index contributed by atoms with van der Waals surface area (Å²) in [5, 5.41) is 14.6. The van der Waals surface area contributed by atoms with E-state index in [-0.39, 0.29) is 52.5 Å². The van der Waals surface area contributed by atoms with Gasteiger partial charge < -0.3 is 20.9 Å². The largest absolute Gasteiger partial charge is 0.461 e. The number of hydrogen-bond donors (Lipinski definition) is 3. The highest BCUT2D eigenvalue weighted by molar-refractivity contribution is 8.01. The quantitative estimate of drug-likeness (QED) is 0.279. The minimum Gasteiger partial charge on any atom is -0.461 e. The first-order chi connectivity index (χ1) is 17.9. The zero-order valence-corrected chi connectivity index (χ0v) is 26.2. The topological polar surface area (TPSA) is 119 Å². The number of hydrogen-bond acceptors (Lipinski definition) is 7. The van der Waals surface area contributed by atoms with Crippen LogP contribution >= 0.6 is 11.8 Å². The number of aliphatic hydroxyl groups is 1. The molecule has 0 radical (unpaired) electrons. The van der Waals surface area contributed by atoms with Crippen molar-refractivity contribution in [3.63, 3.8) is 0 Å². The van der Waals surface area contributed by atoms with Crippen molar-refractivity contribution in [2.75, 3.05) is 12.3 Å². The van der Waals surface area contributed by atoms with Crippen LogP contribution in [0.4, 0.5) is 0 Å². The predicted molar refractivity (Wildman–Crippen MR) is 157 cm³/mol. The molecule has 0 aromatic heterocycles. The van der Waals surface area contributed by atoms with Gasteiger partial charge in [-0.05, 0) is 62.7 Å². The smallest absolute Gasteiger partial charge is 0.316 e. The van der Waals surface area contributed by atoms with E-state index >= 15 is 0 Å². The standard InChI is InChI=1S/C31H52N2O5S/c1-10-29(8)15-22(38-23(35)16-39-28(6,7)17-33-27(37)24(32)18(2)3)30(9)19(4)11-13-31(20(5)26(29)36)14-12-21(34)25(30)31/h10,18-20,22,24-26,36H,1,11-17,32H2,2-9H3,(H,33,37)/t19-,20-,22+,24+,25-,26-,29+,30-,31-/m1/s1. The Morgan fingerprint density at radius 2 is 1.92 bits per heavy atom. The van der Waals surface area contributed by atoms with Gasteiger partial charge >= 0.3 is 5.97 Å². The number of aliphatic hydroxyl groups excluding tert-OH is 1. The molecule has 1 amide bonds. The Bertz CT molecular complexity index is 969. The lowest BCUT2D eigenvalue weighted by molar-refractivity contribution is -0.205. The molecule has 3 rings (SSSR count). The maximum Gasteiger partial charge on any atom is 0.316 e. The van der Waals surface area contributed by atoms with Gasteiger partial charge in [0.1, 0.15) is 11.9 Å². The van der Waals surface area contributed by atoms with Crippen LogP contribution in [-0.2, 0) is 19.1 Å². The predicted octanol–water partition coefficient (Wildman–Crippen LogP) is 4.50. The number of ketones is 1. The van der Waals surface area contributed by atoms with Crippen molar-refractivity contribution in [1.29, 1.82) is 0 Å². The fourth-order valence-electron chi connectivity index (χ4n) is 7.72. The van der Waals surface area contributed by atoms with E-state index in [0.717, 1.165) is 19.3 Å². The number of rotatable bonds is 9. The lowest BCUT2D eigenvalue weighted by atomic mass is 9.44. The molecule has 222 valence electrons. The zero-order chi connectivity index (χ0) is 29.6. The number of ether oxygens (including phenoxy) is 1. The summed E-state index contributed by atoms with van der Waals surface area (Å²) in [5.41, 5.74) is 4.49. The van der Waals surface area contributed by atoms with Crippen molar-refractivity contribution in [2.45, 2.75) is 110 Å². The Morgan fingerprint density at radius 1 is 1.28 bits per heavy atom. The number of esters is 1. The average Bonchev–Trinajstić information content (AvgIpc) is 3.24. The number of amides is 1. The molecule has 9 atom stereocenters. The molecule has 3 fully saturated rings. The number of carbonyl (C=O) groups excluding carboxylic acids is 3. The summed E-state index contributed by atoms with van der Waals surface area (Å²) < 4.78 is 5.92. The molecule has 0 aliphatic heterocycles. The van der Waals surface area contributed by atoms with Crippen LogP contribution in [0.3, 0.4) is 0 Å². The van der Waals surface area contributed by atoms with Gasteiger partial charge in [0.15, 0.2) is 0 Å². The molecule has 2 bridgehead atoms. The Kier molecular flexibility index (Phi) is 9.46. The monoisotopic (exact) mass is 564 g/mol. The molecule has 0 saturated heterocycles. The third-order valence-electron chi connectivity index (χ3n) is 10.9. The number of thioether (sulfide) groups is 1. The van der Waals surface area contributed by atoms with E-state index in [2.05, 4.69) is 32.7 Å². The molecule has 0 heterocycles. The first-order valence-corrected chi connectivity index (χ1v) is 15.6. The highest BCUT2D eigenvalue weighted by Gasteiger charge is 2.68. The van der Waals surface area contributed by atoms with Crippen LogP contribution in [0.15, 0.2) is 12.7 Å². The van der Waals surface area contributed by atoms with Gasteiger partial charge in [0.2, 0.25) is 5.91 Å². The number of carbonyl (C=O) groups is 3. The molecule has 3 aliphatic rings. The first kappa shape index (κ1) is 32.1. The fourth-order valence-corrected chi connectivity index (χ4v) is 8.47. The lowest BCUT2D eigenvalue weighted by Gasteiger charge is -2.61. The van der Waals surface area contributed by atoms with Crippen LogP contribution in [0.25, 0.3) is 0 Å². The van der Waals surface area contributed by atoms with Gasteiger partial charge in [0, 0.05) is 34.5 Å². The van der Waals surface area contributed by atoms with Crippen molar-refractivity contribution < 1.29 is 24.2 Å². The van der Waals surface area contributed by atoms with Gasteiger partial charge in [0.05, 0.1) is 17.9 Å². The van der Waals surface area contributed by atoms with Gasteiger partial charge in [-0.1, -0.05) is 47.6 Å². The van der Waals surface area contributed by atoms with Crippen molar-refractivity contribution in [2.24, 2.45) is 45.7 Å². The highest BCUT2D eigenvalue weighted by atomic mass is 32.2. The molecule has 3 saturated carbocycles. The van der Waals surface area contributed by atoms with Crippen molar-refractivity contribution in [1.82, 2.24) is 5.32 Å². The molecule has 0 spiro atoms. The molecule has 8 heteroatoms. The van der Waals surface area contributed by atoms with Crippen LogP contribution in [-0.4, -0.2) is 58.1 Å². The minimum absolute atomic E-state index is 0.0382. The van der Waals surface area contributed by atoms with Crippen LogP contribution in [0, 0.1) is 39.9 Å². The molecular formula is C31H52N2O5S. The number of nitrogens with one attached hydrogen (secondary N) is 1. The molecule has 0 aromatic carbocycles. The van der Waals surface area contributed by atoms with Crippen LogP contribution < -0.4 is 11.1 Å². The molecule has 0 unspecified atom stereocenters. The van der Waals surface area contributed by atoms with E-state index in [1.165, 1.54) is 11.8 Å². The summed E-state index contributed by atoms with van der Waals surface area (Å²) in [7, 11) is 0. The van der Waals surface area contributed by atoms with Crippen molar-refractivity contribution >= 4 is 29.4 Å². The molecule has 4 N–H and O–H groups in total. The molecule has 39 heavy (non-hydrogen) atoms. The van der Waals surface area contributed by atoms with Crippen molar-refractivity contribution in [3.05, 3.63) is 12.7 Å². The Balaban J connectivity index is 1.82. The summed E-state index contributed by atoms with van der Waals surface area (Å²) in [6.07, 6.45) is 4.17. The van der Waals surface area contributed by atoms with E-state index in [0.29, 0.717) is 19.4 Å². The van der Waals surface area contributed by atoms with Gasteiger partial charge in [-0.3, -0.25) is 14.4 Å².